The first-order chi connectivity index (χ1) is 10.1. The van der Waals surface area contributed by atoms with Gasteiger partial charge in [-0.2, -0.15) is 5.26 Å². The highest BCUT2D eigenvalue weighted by Crippen LogP contribution is 2.12. The molecule has 0 spiro atoms. The van der Waals surface area contributed by atoms with Crippen molar-refractivity contribution in [3.05, 3.63) is 30.3 Å². The third-order valence-corrected chi connectivity index (χ3v) is 2.97. The van der Waals surface area contributed by atoms with Crippen LogP contribution >= 0.6 is 0 Å². The molecule has 1 unspecified atom stereocenters. The van der Waals surface area contributed by atoms with Gasteiger partial charge in [0.1, 0.15) is 12.6 Å². The van der Waals surface area contributed by atoms with E-state index < -0.39 is 12.0 Å². The first kappa shape index (κ1) is 16.7. The predicted octanol–water partition coefficient (Wildman–Crippen LogP) is 1.39. The van der Waals surface area contributed by atoms with E-state index in [1.807, 2.05) is 19.1 Å². The van der Waals surface area contributed by atoms with E-state index in [-0.39, 0.29) is 19.0 Å². The normalized spacial score (nSPS) is 11.4. The molecule has 1 aromatic rings. The number of carboxylic acids is 1. The van der Waals surface area contributed by atoms with E-state index in [9.17, 15) is 9.59 Å². The Morgan fingerprint density at radius 1 is 1.38 bits per heavy atom. The van der Waals surface area contributed by atoms with Gasteiger partial charge >= 0.3 is 5.97 Å². The van der Waals surface area contributed by atoms with Gasteiger partial charge in [-0.1, -0.05) is 31.5 Å². The zero-order chi connectivity index (χ0) is 15.7. The summed E-state index contributed by atoms with van der Waals surface area (Å²) in [5.41, 5.74) is 0.619. The van der Waals surface area contributed by atoms with Gasteiger partial charge in [-0.3, -0.25) is 19.8 Å². The lowest BCUT2D eigenvalue weighted by atomic mass is 10.1. The van der Waals surface area contributed by atoms with Crippen molar-refractivity contribution in [3.8, 4) is 6.07 Å². The molecule has 1 amide bonds. The molecule has 0 bridgehead atoms. The van der Waals surface area contributed by atoms with Crippen LogP contribution in [0.5, 0.6) is 0 Å². The second kappa shape index (κ2) is 8.72. The number of anilines is 1. The van der Waals surface area contributed by atoms with Crippen LogP contribution in [-0.4, -0.2) is 36.1 Å². The lowest BCUT2D eigenvalue weighted by Crippen LogP contribution is -2.44. The molecule has 6 heteroatoms. The van der Waals surface area contributed by atoms with Crippen LogP contribution in [0.3, 0.4) is 0 Å². The molecule has 0 saturated heterocycles. The third-order valence-electron chi connectivity index (χ3n) is 2.97. The summed E-state index contributed by atoms with van der Waals surface area (Å²) in [5.74, 6) is -1.30. The van der Waals surface area contributed by atoms with Crippen molar-refractivity contribution in [1.29, 1.82) is 5.26 Å². The highest BCUT2D eigenvalue weighted by atomic mass is 16.4. The zero-order valence-electron chi connectivity index (χ0n) is 12.0. The minimum absolute atomic E-state index is 0.0734. The van der Waals surface area contributed by atoms with Crippen molar-refractivity contribution >= 4 is 17.6 Å². The van der Waals surface area contributed by atoms with Crippen LogP contribution < -0.4 is 10.2 Å². The van der Waals surface area contributed by atoms with Crippen molar-refractivity contribution in [2.24, 2.45) is 0 Å². The second-order valence-electron chi connectivity index (χ2n) is 4.53. The summed E-state index contributed by atoms with van der Waals surface area (Å²) in [6.07, 6.45) is 1.16. The first-order valence-corrected chi connectivity index (χ1v) is 6.78. The third kappa shape index (κ3) is 5.24. The summed E-state index contributed by atoms with van der Waals surface area (Å²) in [4.78, 5) is 24.5. The van der Waals surface area contributed by atoms with Crippen molar-refractivity contribution < 1.29 is 14.7 Å². The summed E-state index contributed by atoms with van der Waals surface area (Å²) in [7, 11) is 0. The van der Waals surface area contributed by atoms with Gasteiger partial charge in [-0.15, -0.1) is 0 Å². The summed E-state index contributed by atoms with van der Waals surface area (Å²) < 4.78 is 0. The van der Waals surface area contributed by atoms with Crippen LogP contribution in [0.15, 0.2) is 30.3 Å². The zero-order valence-corrected chi connectivity index (χ0v) is 12.0. The van der Waals surface area contributed by atoms with Crippen LogP contribution in [0.1, 0.15) is 19.8 Å². The number of nitrogens with zero attached hydrogens (tertiary/aromatic N) is 2. The SMILES string of the molecule is CCCC(NCC(=O)N(CC#N)c1ccccc1)C(=O)O. The standard InChI is InChI=1S/C15H19N3O3/c1-2-6-13(15(20)21)17-11-14(19)18(10-9-16)12-7-4-3-5-8-12/h3-5,7-8,13,17H,2,6,10-11H2,1H3,(H,20,21). The Bertz CT molecular complexity index is 511. The van der Waals surface area contributed by atoms with Crippen LogP contribution in [0.2, 0.25) is 0 Å². The van der Waals surface area contributed by atoms with Gasteiger partial charge in [0.25, 0.3) is 0 Å². The van der Waals surface area contributed by atoms with Crippen LogP contribution in [0, 0.1) is 11.3 Å². The second-order valence-corrected chi connectivity index (χ2v) is 4.53. The van der Waals surface area contributed by atoms with E-state index in [1.165, 1.54) is 4.90 Å². The Kier molecular flexibility index (Phi) is 6.92. The maximum absolute atomic E-state index is 12.2. The molecule has 2 N–H and O–H groups in total. The fourth-order valence-corrected chi connectivity index (χ4v) is 1.91. The minimum Gasteiger partial charge on any atom is -0.480 e. The molecule has 0 radical (unpaired) electrons. The molecule has 1 atom stereocenters. The molecule has 21 heavy (non-hydrogen) atoms. The van der Waals surface area contributed by atoms with Gasteiger partial charge in [0.2, 0.25) is 5.91 Å². The molecule has 0 aliphatic rings. The number of rotatable bonds is 8. The lowest BCUT2D eigenvalue weighted by Gasteiger charge is -2.21. The van der Waals surface area contributed by atoms with Crippen molar-refractivity contribution in [3.63, 3.8) is 0 Å². The smallest absolute Gasteiger partial charge is 0.320 e. The molecule has 112 valence electrons. The number of amides is 1. The molecule has 0 aliphatic carbocycles. The van der Waals surface area contributed by atoms with E-state index in [0.717, 1.165) is 0 Å². The van der Waals surface area contributed by atoms with Gasteiger partial charge < -0.3 is 5.11 Å². The Hall–Kier alpha value is -2.39. The number of benzene rings is 1. The average molecular weight is 289 g/mol. The van der Waals surface area contributed by atoms with Crippen molar-refractivity contribution in [2.75, 3.05) is 18.0 Å². The van der Waals surface area contributed by atoms with Gasteiger partial charge in [-0.25, -0.2) is 0 Å². The number of nitriles is 1. The Morgan fingerprint density at radius 3 is 2.57 bits per heavy atom. The molecule has 6 nitrogen and oxygen atoms in total. The van der Waals surface area contributed by atoms with Gasteiger partial charge in [0.15, 0.2) is 0 Å². The summed E-state index contributed by atoms with van der Waals surface area (Å²) in [5, 5.41) is 20.6. The fraction of sp³-hybridized carbons (Fsp3) is 0.400. The van der Waals surface area contributed by atoms with E-state index in [2.05, 4.69) is 5.32 Å². The molecule has 0 saturated carbocycles. The highest BCUT2D eigenvalue weighted by molar-refractivity contribution is 5.95. The molecule has 1 rings (SSSR count). The summed E-state index contributed by atoms with van der Waals surface area (Å²) in [6.45, 7) is 1.69. The van der Waals surface area contributed by atoms with Crippen LogP contribution in [0.4, 0.5) is 5.69 Å². The Balaban J connectivity index is 2.70. The van der Waals surface area contributed by atoms with Gasteiger partial charge in [0.05, 0.1) is 12.6 Å². The lowest BCUT2D eigenvalue weighted by molar-refractivity contribution is -0.139. The molecule has 0 aromatic heterocycles. The average Bonchev–Trinajstić information content (AvgIpc) is 2.49. The van der Waals surface area contributed by atoms with Crippen molar-refractivity contribution in [1.82, 2.24) is 5.32 Å². The van der Waals surface area contributed by atoms with Crippen molar-refractivity contribution in [2.45, 2.75) is 25.8 Å². The minimum atomic E-state index is -0.976. The largest absolute Gasteiger partial charge is 0.480 e. The summed E-state index contributed by atoms with van der Waals surface area (Å²) >= 11 is 0. The highest BCUT2D eigenvalue weighted by Gasteiger charge is 2.20. The number of carboxylic acid groups (broad SMARTS) is 1. The molecular weight excluding hydrogens is 270 g/mol. The van der Waals surface area contributed by atoms with E-state index in [4.69, 9.17) is 10.4 Å². The number of para-hydroxylation sites is 1. The number of carbonyl (C=O) groups excluding carboxylic acids is 1. The monoisotopic (exact) mass is 289 g/mol. The van der Waals surface area contributed by atoms with Gasteiger partial charge in [0, 0.05) is 5.69 Å². The molecule has 0 heterocycles. The number of hydrogen-bond acceptors (Lipinski definition) is 4. The van der Waals surface area contributed by atoms with Crippen LogP contribution in [0.25, 0.3) is 0 Å². The number of hydrogen-bond donors (Lipinski definition) is 2. The summed E-state index contributed by atoms with van der Waals surface area (Å²) in [6, 6.07) is 10.0. The maximum Gasteiger partial charge on any atom is 0.320 e. The quantitative estimate of drug-likeness (QED) is 0.705. The molecule has 0 fully saturated rings. The topological polar surface area (TPSA) is 93.4 Å². The van der Waals surface area contributed by atoms with E-state index >= 15 is 0 Å². The van der Waals surface area contributed by atoms with E-state index in [1.54, 1.807) is 24.3 Å². The van der Waals surface area contributed by atoms with E-state index in [0.29, 0.717) is 18.5 Å². The molecule has 1 aromatic carbocycles. The fourth-order valence-electron chi connectivity index (χ4n) is 1.91. The van der Waals surface area contributed by atoms with Gasteiger partial charge in [-0.05, 0) is 18.6 Å². The Labute approximate surface area is 124 Å². The Morgan fingerprint density at radius 2 is 2.05 bits per heavy atom. The van der Waals surface area contributed by atoms with Crippen LogP contribution in [-0.2, 0) is 9.59 Å². The number of nitrogens with one attached hydrogen (secondary N) is 1. The number of carbonyl (C=O) groups is 2. The predicted molar refractivity (Wildman–Crippen MR) is 78.7 cm³/mol. The number of aliphatic carboxylic acids is 1. The molecular formula is C15H19N3O3. The first-order valence-electron chi connectivity index (χ1n) is 6.78. The molecule has 0 aliphatic heterocycles. The maximum atomic E-state index is 12.2.